The zero-order chi connectivity index (χ0) is 16.8. The van der Waals surface area contributed by atoms with Gasteiger partial charge in [-0.15, -0.1) is 0 Å². The van der Waals surface area contributed by atoms with Crippen LogP contribution in [0.4, 0.5) is 0 Å². The molecule has 2 aliphatic carbocycles. The Labute approximate surface area is 143 Å². The number of amides is 2. The van der Waals surface area contributed by atoms with Gasteiger partial charge in [0.05, 0.1) is 12.8 Å². The van der Waals surface area contributed by atoms with Crippen LogP contribution in [0.3, 0.4) is 0 Å². The minimum Gasteiger partial charge on any atom is -0.467 e. The fourth-order valence-electron chi connectivity index (χ4n) is 3.92. The quantitative estimate of drug-likeness (QED) is 0.870. The van der Waals surface area contributed by atoms with Gasteiger partial charge in [-0.25, -0.2) is 0 Å². The molecule has 0 unspecified atom stereocenters. The van der Waals surface area contributed by atoms with Crippen molar-refractivity contribution in [3.05, 3.63) is 24.2 Å². The Bertz CT molecular complexity index is 527. The fourth-order valence-corrected chi connectivity index (χ4v) is 3.92. The van der Waals surface area contributed by atoms with Crippen LogP contribution in [0.2, 0.25) is 0 Å². The first-order valence-corrected chi connectivity index (χ1v) is 9.33. The molecule has 3 rings (SSSR count). The first-order chi connectivity index (χ1) is 11.7. The molecule has 24 heavy (non-hydrogen) atoms. The van der Waals surface area contributed by atoms with E-state index in [0.29, 0.717) is 12.6 Å². The molecule has 0 aromatic carbocycles. The third kappa shape index (κ3) is 4.62. The second-order valence-electron chi connectivity index (χ2n) is 7.19. The molecule has 0 saturated heterocycles. The average Bonchev–Trinajstić information content (AvgIpc) is 3.14. The van der Waals surface area contributed by atoms with E-state index in [9.17, 15) is 9.59 Å². The normalized spacial score (nSPS) is 25.2. The smallest absolute Gasteiger partial charge is 0.223 e. The summed E-state index contributed by atoms with van der Waals surface area (Å²) in [6.07, 6.45) is 10.8. The number of furan rings is 1. The third-order valence-electron chi connectivity index (χ3n) is 5.44. The van der Waals surface area contributed by atoms with Gasteiger partial charge in [0.25, 0.3) is 0 Å². The topological polar surface area (TPSA) is 71.3 Å². The van der Waals surface area contributed by atoms with E-state index in [1.54, 1.807) is 6.26 Å². The molecule has 2 N–H and O–H groups in total. The van der Waals surface area contributed by atoms with Crippen LogP contribution in [0.5, 0.6) is 0 Å². The number of hydrogen-bond donors (Lipinski definition) is 2. The maximum Gasteiger partial charge on any atom is 0.223 e. The summed E-state index contributed by atoms with van der Waals surface area (Å²) in [4.78, 5) is 24.6. The standard InChI is InChI=1S/C19H28N2O3/c22-18(20-13-17-7-4-12-24-17)14-8-10-15(11-9-14)19(23)21-16-5-2-1-3-6-16/h4,7,12,14-16H,1-3,5-6,8-11,13H2,(H,20,22)(H,21,23). The number of hydrogen-bond acceptors (Lipinski definition) is 3. The molecule has 2 aliphatic rings. The Morgan fingerprint density at radius 3 is 2.25 bits per heavy atom. The van der Waals surface area contributed by atoms with Crippen molar-refractivity contribution in [2.45, 2.75) is 70.4 Å². The average molecular weight is 332 g/mol. The number of rotatable bonds is 5. The number of nitrogens with one attached hydrogen (secondary N) is 2. The first kappa shape index (κ1) is 17.1. The lowest BCUT2D eigenvalue weighted by atomic mass is 9.81. The van der Waals surface area contributed by atoms with Crippen LogP contribution >= 0.6 is 0 Å². The van der Waals surface area contributed by atoms with Gasteiger partial charge in [-0.1, -0.05) is 19.3 Å². The van der Waals surface area contributed by atoms with Crippen LogP contribution in [-0.2, 0) is 16.1 Å². The van der Waals surface area contributed by atoms with Crippen LogP contribution in [-0.4, -0.2) is 17.9 Å². The van der Waals surface area contributed by atoms with Crippen LogP contribution < -0.4 is 10.6 Å². The molecule has 1 aromatic rings. The summed E-state index contributed by atoms with van der Waals surface area (Å²) in [5, 5.41) is 6.16. The molecular weight excluding hydrogens is 304 g/mol. The minimum absolute atomic E-state index is 0.0266. The number of carbonyl (C=O) groups excluding carboxylic acids is 2. The molecule has 5 nitrogen and oxygen atoms in total. The lowest BCUT2D eigenvalue weighted by Gasteiger charge is -2.29. The molecule has 1 heterocycles. The summed E-state index contributed by atoms with van der Waals surface area (Å²) in [5.74, 6) is 1.16. The van der Waals surface area contributed by atoms with Gasteiger partial charge in [0.2, 0.25) is 11.8 Å². The highest BCUT2D eigenvalue weighted by molar-refractivity contribution is 5.81. The molecule has 0 radical (unpaired) electrons. The highest BCUT2D eigenvalue weighted by Crippen LogP contribution is 2.29. The monoisotopic (exact) mass is 332 g/mol. The number of carbonyl (C=O) groups is 2. The van der Waals surface area contributed by atoms with Gasteiger partial charge >= 0.3 is 0 Å². The van der Waals surface area contributed by atoms with Crippen molar-refractivity contribution in [3.63, 3.8) is 0 Å². The maximum absolute atomic E-state index is 12.4. The Morgan fingerprint density at radius 1 is 0.958 bits per heavy atom. The molecule has 1 aromatic heterocycles. The van der Waals surface area contributed by atoms with Gasteiger partial charge in [-0.2, -0.15) is 0 Å². The molecule has 5 heteroatoms. The highest BCUT2D eigenvalue weighted by Gasteiger charge is 2.30. The molecule has 0 atom stereocenters. The molecule has 0 aliphatic heterocycles. The molecule has 0 bridgehead atoms. The van der Waals surface area contributed by atoms with E-state index >= 15 is 0 Å². The molecule has 132 valence electrons. The van der Waals surface area contributed by atoms with Crippen LogP contribution in [0.15, 0.2) is 22.8 Å². The summed E-state index contributed by atoms with van der Waals surface area (Å²) in [6.45, 7) is 0.438. The molecule has 2 fully saturated rings. The van der Waals surface area contributed by atoms with Crippen LogP contribution in [0.1, 0.15) is 63.5 Å². The van der Waals surface area contributed by atoms with Gasteiger partial charge in [0, 0.05) is 17.9 Å². The zero-order valence-corrected chi connectivity index (χ0v) is 14.3. The fraction of sp³-hybridized carbons (Fsp3) is 0.684. The summed E-state index contributed by atoms with van der Waals surface area (Å²) in [7, 11) is 0. The van der Waals surface area contributed by atoms with Gasteiger partial charge in [0.1, 0.15) is 5.76 Å². The lowest BCUT2D eigenvalue weighted by molar-refractivity contribution is -0.131. The van der Waals surface area contributed by atoms with E-state index in [-0.39, 0.29) is 23.7 Å². The van der Waals surface area contributed by atoms with E-state index < -0.39 is 0 Å². The Morgan fingerprint density at radius 2 is 1.62 bits per heavy atom. The van der Waals surface area contributed by atoms with E-state index in [0.717, 1.165) is 44.3 Å². The van der Waals surface area contributed by atoms with Crippen LogP contribution in [0, 0.1) is 11.8 Å². The Hall–Kier alpha value is -1.78. The van der Waals surface area contributed by atoms with Crippen molar-refractivity contribution >= 4 is 11.8 Å². The predicted molar refractivity (Wildman–Crippen MR) is 91.0 cm³/mol. The van der Waals surface area contributed by atoms with E-state index in [1.165, 1.54) is 19.3 Å². The maximum atomic E-state index is 12.4. The molecule has 2 saturated carbocycles. The SMILES string of the molecule is O=C(NCc1ccco1)C1CCC(C(=O)NC2CCCCC2)CC1. The van der Waals surface area contributed by atoms with Crippen molar-refractivity contribution in [1.82, 2.24) is 10.6 Å². The van der Waals surface area contributed by atoms with E-state index in [2.05, 4.69) is 10.6 Å². The van der Waals surface area contributed by atoms with Crippen molar-refractivity contribution in [2.24, 2.45) is 11.8 Å². The molecule has 0 spiro atoms. The second kappa shape index (κ2) is 8.36. The second-order valence-corrected chi connectivity index (χ2v) is 7.19. The summed E-state index contributed by atoms with van der Waals surface area (Å²) < 4.78 is 5.22. The van der Waals surface area contributed by atoms with Crippen LogP contribution in [0.25, 0.3) is 0 Å². The first-order valence-electron chi connectivity index (χ1n) is 9.33. The summed E-state index contributed by atoms with van der Waals surface area (Å²) in [6, 6.07) is 4.05. The van der Waals surface area contributed by atoms with Gasteiger partial charge in [-0.3, -0.25) is 9.59 Å². The Kier molecular flexibility index (Phi) is 5.94. The summed E-state index contributed by atoms with van der Waals surface area (Å²) in [5.41, 5.74) is 0. The van der Waals surface area contributed by atoms with Crippen molar-refractivity contribution in [3.8, 4) is 0 Å². The van der Waals surface area contributed by atoms with Crippen molar-refractivity contribution in [2.75, 3.05) is 0 Å². The third-order valence-corrected chi connectivity index (χ3v) is 5.44. The van der Waals surface area contributed by atoms with Gasteiger partial charge < -0.3 is 15.1 Å². The molecule has 2 amide bonds. The zero-order valence-electron chi connectivity index (χ0n) is 14.3. The van der Waals surface area contributed by atoms with E-state index in [1.807, 2.05) is 12.1 Å². The lowest BCUT2D eigenvalue weighted by Crippen LogP contribution is -2.42. The van der Waals surface area contributed by atoms with Crippen molar-refractivity contribution in [1.29, 1.82) is 0 Å². The summed E-state index contributed by atoms with van der Waals surface area (Å²) >= 11 is 0. The van der Waals surface area contributed by atoms with Crippen molar-refractivity contribution < 1.29 is 14.0 Å². The van der Waals surface area contributed by atoms with Gasteiger partial charge in [-0.05, 0) is 50.7 Å². The largest absolute Gasteiger partial charge is 0.467 e. The van der Waals surface area contributed by atoms with Gasteiger partial charge in [0.15, 0.2) is 0 Å². The minimum atomic E-state index is 0.0266. The molecular formula is C19H28N2O3. The Balaban J connectivity index is 1.38. The van der Waals surface area contributed by atoms with E-state index in [4.69, 9.17) is 4.42 Å². The predicted octanol–water partition coefficient (Wildman–Crippen LogP) is 3.15. The highest BCUT2D eigenvalue weighted by atomic mass is 16.3.